The highest BCUT2D eigenvalue weighted by molar-refractivity contribution is 6.43. The van der Waals surface area contributed by atoms with E-state index in [9.17, 15) is 9.59 Å². The van der Waals surface area contributed by atoms with E-state index in [1.165, 1.54) is 0 Å². The Labute approximate surface area is 111 Å². The molecule has 94 valence electrons. The van der Waals surface area contributed by atoms with Crippen molar-refractivity contribution in [2.45, 2.75) is 6.42 Å². The molecule has 1 aliphatic heterocycles. The second-order valence-corrected chi connectivity index (χ2v) is 4.51. The molecule has 0 N–H and O–H groups in total. The molecule has 1 fully saturated rings. The Bertz CT molecular complexity index is 634. The van der Waals surface area contributed by atoms with Crippen LogP contribution in [0.15, 0.2) is 54.6 Å². The summed E-state index contributed by atoms with van der Waals surface area (Å²) in [5.41, 5.74) is 2.83. The van der Waals surface area contributed by atoms with Crippen LogP contribution in [0.5, 0.6) is 0 Å². The van der Waals surface area contributed by atoms with E-state index < -0.39 is 5.91 Å². The predicted octanol–water partition coefficient (Wildman–Crippen LogP) is 2.66. The number of amides is 1. The van der Waals surface area contributed by atoms with Gasteiger partial charge in [-0.05, 0) is 11.6 Å². The summed E-state index contributed by atoms with van der Waals surface area (Å²) in [5, 5.41) is 0. The number of benzene rings is 2. The maximum Gasteiger partial charge on any atom is 0.294 e. The zero-order valence-electron chi connectivity index (χ0n) is 10.4. The Balaban J connectivity index is 2.08. The number of hydrogen-bond donors (Lipinski definition) is 0. The van der Waals surface area contributed by atoms with Crippen molar-refractivity contribution in [3.05, 3.63) is 54.6 Å². The van der Waals surface area contributed by atoms with Crippen LogP contribution in [0.2, 0.25) is 0 Å². The minimum absolute atomic E-state index is 0.303. The third kappa shape index (κ3) is 2.03. The molecule has 0 bridgehead atoms. The number of hydrogen-bond acceptors (Lipinski definition) is 2. The molecule has 3 rings (SSSR count). The number of Topliss-reactive ketones (excluding diaryl/α,β-unsaturated/α-hetero) is 1. The van der Waals surface area contributed by atoms with Crippen LogP contribution in [0, 0.1) is 0 Å². The zero-order valence-corrected chi connectivity index (χ0v) is 10.4. The number of para-hydroxylation sites is 1. The minimum atomic E-state index is -0.400. The molecule has 2 aromatic rings. The topological polar surface area (TPSA) is 37.4 Å². The number of anilines is 1. The first-order valence-electron chi connectivity index (χ1n) is 6.26. The van der Waals surface area contributed by atoms with Gasteiger partial charge in [-0.1, -0.05) is 48.5 Å². The Morgan fingerprint density at radius 3 is 2.21 bits per heavy atom. The van der Waals surface area contributed by atoms with Crippen molar-refractivity contribution in [1.82, 2.24) is 0 Å². The van der Waals surface area contributed by atoms with E-state index in [4.69, 9.17) is 0 Å². The lowest BCUT2D eigenvalue weighted by Gasteiger charge is -2.18. The summed E-state index contributed by atoms with van der Waals surface area (Å²) in [6, 6.07) is 17.6. The van der Waals surface area contributed by atoms with Crippen molar-refractivity contribution in [2.24, 2.45) is 0 Å². The van der Waals surface area contributed by atoms with E-state index in [2.05, 4.69) is 0 Å². The van der Waals surface area contributed by atoms with E-state index in [0.29, 0.717) is 13.0 Å². The largest absolute Gasteiger partial charge is 0.305 e. The van der Waals surface area contributed by atoms with Crippen molar-refractivity contribution in [1.29, 1.82) is 0 Å². The third-order valence-electron chi connectivity index (χ3n) is 3.33. The molecular formula is C16H13NO2. The van der Waals surface area contributed by atoms with E-state index in [1.807, 2.05) is 54.6 Å². The van der Waals surface area contributed by atoms with Gasteiger partial charge in [0.15, 0.2) is 0 Å². The number of carbonyl (C=O) groups is 2. The molecule has 0 saturated carbocycles. The maximum absolute atomic E-state index is 11.9. The predicted molar refractivity (Wildman–Crippen MR) is 73.9 cm³/mol. The van der Waals surface area contributed by atoms with Crippen molar-refractivity contribution in [3.8, 4) is 11.1 Å². The lowest BCUT2D eigenvalue weighted by atomic mass is 10.0. The average molecular weight is 251 g/mol. The standard InChI is InChI=1S/C16H13NO2/c18-15-10-11-17(16(15)19)14-9-5-4-8-13(14)12-6-2-1-3-7-12/h1-9H,10-11H2. The van der Waals surface area contributed by atoms with Crippen molar-refractivity contribution >= 4 is 17.4 Å². The summed E-state index contributed by atoms with van der Waals surface area (Å²) >= 11 is 0. The Morgan fingerprint density at radius 2 is 1.53 bits per heavy atom. The van der Waals surface area contributed by atoms with Crippen molar-refractivity contribution < 1.29 is 9.59 Å². The van der Waals surface area contributed by atoms with Crippen LogP contribution in [0.4, 0.5) is 5.69 Å². The van der Waals surface area contributed by atoms with E-state index >= 15 is 0 Å². The Morgan fingerprint density at radius 1 is 0.842 bits per heavy atom. The minimum Gasteiger partial charge on any atom is -0.305 e. The van der Waals surface area contributed by atoms with Crippen LogP contribution >= 0.6 is 0 Å². The van der Waals surface area contributed by atoms with Gasteiger partial charge in [0.2, 0.25) is 5.78 Å². The van der Waals surface area contributed by atoms with E-state index in [-0.39, 0.29) is 5.78 Å². The quantitative estimate of drug-likeness (QED) is 0.769. The van der Waals surface area contributed by atoms with E-state index in [0.717, 1.165) is 16.8 Å². The summed E-state index contributed by atoms with van der Waals surface area (Å²) < 4.78 is 0. The maximum atomic E-state index is 11.9. The molecule has 0 atom stereocenters. The van der Waals surface area contributed by atoms with Crippen LogP contribution in [0.25, 0.3) is 11.1 Å². The number of carbonyl (C=O) groups excluding carboxylic acids is 2. The first-order chi connectivity index (χ1) is 9.27. The van der Waals surface area contributed by atoms with Crippen LogP contribution in [0.1, 0.15) is 6.42 Å². The highest BCUT2D eigenvalue weighted by atomic mass is 16.2. The summed E-state index contributed by atoms with van der Waals surface area (Å²) in [7, 11) is 0. The molecule has 0 aliphatic carbocycles. The fourth-order valence-electron chi connectivity index (χ4n) is 2.37. The van der Waals surface area contributed by atoms with Gasteiger partial charge in [-0.15, -0.1) is 0 Å². The molecule has 0 aromatic heterocycles. The van der Waals surface area contributed by atoms with Crippen LogP contribution < -0.4 is 4.90 Å². The molecule has 1 aliphatic rings. The molecule has 0 unspecified atom stereocenters. The Kier molecular flexibility index (Phi) is 2.88. The molecule has 1 saturated heterocycles. The second kappa shape index (κ2) is 4.69. The number of ketones is 1. The lowest BCUT2D eigenvalue weighted by molar-refractivity contribution is -0.133. The van der Waals surface area contributed by atoms with Crippen LogP contribution in [-0.2, 0) is 9.59 Å². The van der Waals surface area contributed by atoms with E-state index in [1.54, 1.807) is 4.90 Å². The van der Waals surface area contributed by atoms with Gasteiger partial charge >= 0.3 is 0 Å². The third-order valence-corrected chi connectivity index (χ3v) is 3.33. The molecule has 0 spiro atoms. The summed E-state index contributed by atoms with van der Waals surface area (Å²) in [5.74, 6) is -0.703. The van der Waals surface area contributed by atoms with Gasteiger partial charge < -0.3 is 4.90 Å². The van der Waals surface area contributed by atoms with Crippen LogP contribution in [-0.4, -0.2) is 18.2 Å². The van der Waals surface area contributed by atoms with Gasteiger partial charge in [-0.25, -0.2) is 0 Å². The average Bonchev–Trinajstić information content (AvgIpc) is 2.80. The molecule has 1 amide bonds. The Hall–Kier alpha value is -2.42. The SMILES string of the molecule is O=C1CCN(c2ccccc2-c2ccccc2)C1=O. The highest BCUT2D eigenvalue weighted by Crippen LogP contribution is 2.32. The van der Waals surface area contributed by atoms with Gasteiger partial charge in [-0.2, -0.15) is 0 Å². The molecule has 3 nitrogen and oxygen atoms in total. The fraction of sp³-hybridized carbons (Fsp3) is 0.125. The highest BCUT2D eigenvalue weighted by Gasteiger charge is 2.31. The van der Waals surface area contributed by atoms with Gasteiger partial charge in [-0.3, -0.25) is 9.59 Å². The van der Waals surface area contributed by atoms with Crippen molar-refractivity contribution in [2.75, 3.05) is 11.4 Å². The normalized spacial score (nSPS) is 15.1. The molecule has 19 heavy (non-hydrogen) atoms. The number of nitrogens with zero attached hydrogens (tertiary/aromatic N) is 1. The van der Waals surface area contributed by atoms with Crippen molar-refractivity contribution in [3.63, 3.8) is 0 Å². The lowest BCUT2D eigenvalue weighted by Crippen LogP contribution is -2.27. The smallest absolute Gasteiger partial charge is 0.294 e. The van der Waals surface area contributed by atoms with Gasteiger partial charge in [0.1, 0.15) is 0 Å². The van der Waals surface area contributed by atoms with Gasteiger partial charge in [0, 0.05) is 18.5 Å². The second-order valence-electron chi connectivity index (χ2n) is 4.51. The summed E-state index contributed by atoms with van der Waals surface area (Å²) in [6.07, 6.45) is 0.307. The first kappa shape index (κ1) is 11.7. The zero-order chi connectivity index (χ0) is 13.2. The first-order valence-corrected chi connectivity index (χ1v) is 6.26. The number of rotatable bonds is 2. The monoisotopic (exact) mass is 251 g/mol. The molecule has 0 radical (unpaired) electrons. The fourth-order valence-corrected chi connectivity index (χ4v) is 2.37. The van der Waals surface area contributed by atoms with Crippen LogP contribution in [0.3, 0.4) is 0 Å². The molecule has 3 heteroatoms. The summed E-state index contributed by atoms with van der Waals surface area (Å²) in [6.45, 7) is 0.474. The molecular weight excluding hydrogens is 238 g/mol. The van der Waals surface area contributed by atoms with Gasteiger partial charge in [0.25, 0.3) is 5.91 Å². The summed E-state index contributed by atoms with van der Waals surface area (Å²) in [4.78, 5) is 24.9. The molecule has 2 aromatic carbocycles. The van der Waals surface area contributed by atoms with Gasteiger partial charge in [0.05, 0.1) is 5.69 Å². The molecule has 1 heterocycles.